The first-order valence-electron chi connectivity index (χ1n) is 8.19. The average Bonchev–Trinajstić information content (AvgIpc) is 3.26. The smallest absolute Gasteiger partial charge is 0.243 e. The van der Waals surface area contributed by atoms with Crippen molar-refractivity contribution in [2.45, 2.75) is 33.6 Å². The summed E-state index contributed by atoms with van der Waals surface area (Å²) in [6.07, 6.45) is 2.52. The number of aryl methyl sites for hydroxylation is 3. The molecule has 6 heteroatoms. The summed E-state index contributed by atoms with van der Waals surface area (Å²) in [6.45, 7) is 7.25. The molecule has 0 heterocycles. The third kappa shape index (κ3) is 6.13. The maximum atomic E-state index is 12.2. The van der Waals surface area contributed by atoms with Gasteiger partial charge in [-0.1, -0.05) is 17.7 Å². The quantitative estimate of drug-likeness (QED) is 0.791. The van der Waals surface area contributed by atoms with Crippen LogP contribution in [0.25, 0.3) is 0 Å². The van der Waals surface area contributed by atoms with E-state index in [9.17, 15) is 9.59 Å². The topological polar surface area (TPSA) is 61.4 Å². The standard InChI is InChI=1S/C18H27N3O2.ClH/c1-12-7-13(2)18(14(3)8-12)20-16(22)11-21(4)17(23)10-19-9-15-5-6-15;/h7-8,15,19H,5-6,9-11H2,1-4H3,(H,20,22);1H. The minimum Gasteiger partial charge on any atom is -0.335 e. The van der Waals surface area contributed by atoms with Crippen LogP contribution < -0.4 is 10.6 Å². The Kier molecular flexibility index (Phi) is 7.70. The van der Waals surface area contributed by atoms with Gasteiger partial charge in [-0.3, -0.25) is 9.59 Å². The van der Waals surface area contributed by atoms with Crippen molar-refractivity contribution in [3.63, 3.8) is 0 Å². The molecule has 0 unspecified atom stereocenters. The lowest BCUT2D eigenvalue weighted by Gasteiger charge is -2.18. The SMILES string of the molecule is Cc1cc(C)c(NC(=O)CN(C)C(=O)CNCC2CC2)c(C)c1.Cl. The molecule has 0 aromatic heterocycles. The molecule has 0 radical (unpaired) electrons. The molecule has 134 valence electrons. The molecule has 1 aliphatic rings. The number of amides is 2. The first-order chi connectivity index (χ1) is 10.9. The van der Waals surface area contributed by atoms with E-state index in [1.54, 1.807) is 7.05 Å². The highest BCUT2D eigenvalue weighted by Gasteiger charge is 2.21. The minimum atomic E-state index is -0.168. The molecular weight excluding hydrogens is 326 g/mol. The van der Waals surface area contributed by atoms with E-state index < -0.39 is 0 Å². The van der Waals surface area contributed by atoms with E-state index in [2.05, 4.69) is 10.6 Å². The predicted molar refractivity (Wildman–Crippen MR) is 99.8 cm³/mol. The van der Waals surface area contributed by atoms with Crippen LogP contribution in [0.1, 0.15) is 29.5 Å². The highest BCUT2D eigenvalue weighted by Crippen LogP contribution is 2.27. The second-order valence-electron chi connectivity index (χ2n) is 6.65. The Hall–Kier alpha value is -1.59. The maximum absolute atomic E-state index is 12.2. The van der Waals surface area contributed by atoms with Gasteiger partial charge in [-0.15, -0.1) is 12.4 Å². The molecule has 0 atom stereocenters. The van der Waals surface area contributed by atoms with Crippen molar-refractivity contribution in [1.29, 1.82) is 0 Å². The molecule has 0 spiro atoms. The van der Waals surface area contributed by atoms with Crippen LogP contribution in [0.5, 0.6) is 0 Å². The zero-order valence-corrected chi connectivity index (χ0v) is 15.8. The molecule has 1 aromatic rings. The number of carbonyl (C=O) groups is 2. The Bertz CT molecular complexity index is 577. The highest BCUT2D eigenvalue weighted by molar-refractivity contribution is 5.96. The highest BCUT2D eigenvalue weighted by atomic mass is 35.5. The zero-order valence-electron chi connectivity index (χ0n) is 14.9. The maximum Gasteiger partial charge on any atom is 0.243 e. The fourth-order valence-electron chi connectivity index (χ4n) is 2.70. The van der Waals surface area contributed by atoms with Gasteiger partial charge in [0, 0.05) is 12.7 Å². The van der Waals surface area contributed by atoms with Gasteiger partial charge in [0.15, 0.2) is 0 Å². The summed E-state index contributed by atoms with van der Waals surface area (Å²) in [5.41, 5.74) is 4.09. The van der Waals surface area contributed by atoms with E-state index in [0.29, 0.717) is 6.54 Å². The molecular formula is C18H28ClN3O2. The summed E-state index contributed by atoms with van der Waals surface area (Å²) >= 11 is 0. The van der Waals surface area contributed by atoms with Crippen LogP contribution in [0.2, 0.25) is 0 Å². The molecule has 1 aliphatic carbocycles. The summed E-state index contributed by atoms with van der Waals surface area (Å²) in [5, 5.41) is 6.08. The van der Waals surface area contributed by atoms with Crippen LogP contribution in [0.4, 0.5) is 5.69 Å². The minimum absolute atomic E-state index is 0. The van der Waals surface area contributed by atoms with E-state index in [0.717, 1.165) is 29.3 Å². The van der Waals surface area contributed by atoms with Gasteiger partial charge in [-0.25, -0.2) is 0 Å². The van der Waals surface area contributed by atoms with Crippen molar-refractivity contribution in [3.05, 3.63) is 28.8 Å². The summed E-state index contributed by atoms with van der Waals surface area (Å²) in [5.74, 6) is 0.514. The summed E-state index contributed by atoms with van der Waals surface area (Å²) in [7, 11) is 1.66. The van der Waals surface area contributed by atoms with Crippen molar-refractivity contribution >= 4 is 29.9 Å². The molecule has 1 fully saturated rings. The van der Waals surface area contributed by atoms with E-state index in [4.69, 9.17) is 0 Å². The lowest BCUT2D eigenvalue weighted by atomic mass is 10.1. The molecule has 5 nitrogen and oxygen atoms in total. The Balaban J connectivity index is 0.00000288. The largest absolute Gasteiger partial charge is 0.335 e. The Labute approximate surface area is 150 Å². The normalized spacial score (nSPS) is 13.2. The van der Waals surface area contributed by atoms with Gasteiger partial charge in [-0.05, 0) is 57.2 Å². The number of anilines is 1. The monoisotopic (exact) mass is 353 g/mol. The summed E-state index contributed by atoms with van der Waals surface area (Å²) in [4.78, 5) is 25.6. The molecule has 2 amide bonds. The number of likely N-dealkylation sites (N-methyl/N-ethyl adjacent to an activating group) is 1. The van der Waals surface area contributed by atoms with Crippen LogP contribution in [-0.4, -0.2) is 43.4 Å². The molecule has 24 heavy (non-hydrogen) atoms. The Morgan fingerprint density at radius 2 is 1.75 bits per heavy atom. The first kappa shape index (κ1) is 20.5. The third-order valence-corrected chi connectivity index (χ3v) is 4.15. The van der Waals surface area contributed by atoms with E-state index in [1.807, 2.05) is 32.9 Å². The van der Waals surface area contributed by atoms with Crippen molar-refractivity contribution in [2.75, 3.05) is 32.0 Å². The molecule has 2 rings (SSSR count). The second kappa shape index (κ2) is 9.04. The number of carbonyl (C=O) groups excluding carboxylic acids is 2. The number of rotatable bonds is 7. The number of hydrogen-bond donors (Lipinski definition) is 2. The number of hydrogen-bond acceptors (Lipinski definition) is 3. The Morgan fingerprint density at radius 1 is 1.17 bits per heavy atom. The third-order valence-electron chi connectivity index (χ3n) is 4.15. The summed E-state index contributed by atoms with van der Waals surface area (Å²) in [6, 6.07) is 4.08. The predicted octanol–water partition coefficient (Wildman–Crippen LogP) is 2.43. The lowest BCUT2D eigenvalue weighted by molar-refractivity contribution is -0.132. The van der Waals surface area contributed by atoms with E-state index >= 15 is 0 Å². The van der Waals surface area contributed by atoms with Crippen LogP contribution >= 0.6 is 12.4 Å². The molecule has 0 saturated heterocycles. The fraction of sp³-hybridized carbons (Fsp3) is 0.556. The summed E-state index contributed by atoms with van der Waals surface area (Å²) < 4.78 is 0. The van der Waals surface area contributed by atoms with Crippen LogP contribution in [0.15, 0.2) is 12.1 Å². The van der Waals surface area contributed by atoms with Crippen molar-refractivity contribution in [2.24, 2.45) is 5.92 Å². The molecule has 1 aromatic carbocycles. The van der Waals surface area contributed by atoms with Gasteiger partial charge in [0.1, 0.15) is 0 Å². The molecule has 0 bridgehead atoms. The number of nitrogens with one attached hydrogen (secondary N) is 2. The number of nitrogens with zero attached hydrogens (tertiary/aromatic N) is 1. The van der Waals surface area contributed by atoms with Crippen molar-refractivity contribution in [1.82, 2.24) is 10.2 Å². The van der Waals surface area contributed by atoms with Gasteiger partial charge in [0.2, 0.25) is 11.8 Å². The fourth-order valence-corrected chi connectivity index (χ4v) is 2.70. The van der Waals surface area contributed by atoms with Crippen molar-refractivity contribution in [3.8, 4) is 0 Å². The molecule has 0 aliphatic heterocycles. The Morgan fingerprint density at radius 3 is 2.29 bits per heavy atom. The van der Waals surface area contributed by atoms with Crippen molar-refractivity contribution < 1.29 is 9.59 Å². The van der Waals surface area contributed by atoms with Crippen LogP contribution in [-0.2, 0) is 9.59 Å². The number of benzene rings is 1. The van der Waals surface area contributed by atoms with Gasteiger partial charge >= 0.3 is 0 Å². The second-order valence-corrected chi connectivity index (χ2v) is 6.65. The van der Waals surface area contributed by atoms with Gasteiger partial charge in [0.25, 0.3) is 0 Å². The van der Waals surface area contributed by atoms with E-state index in [1.165, 1.54) is 23.3 Å². The van der Waals surface area contributed by atoms with E-state index in [-0.39, 0.29) is 30.8 Å². The zero-order chi connectivity index (χ0) is 17.0. The van der Waals surface area contributed by atoms with Gasteiger partial charge in [0.05, 0.1) is 13.1 Å². The number of halogens is 1. The van der Waals surface area contributed by atoms with Gasteiger partial charge in [-0.2, -0.15) is 0 Å². The molecule has 1 saturated carbocycles. The first-order valence-corrected chi connectivity index (χ1v) is 8.19. The lowest BCUT2D eigenvalue weighted by Crippen LogP contribution is -2.40. The van der Waals surface area contributed by atoms with Crippen LogP contribution in [0.3, 0.4) is 0 Å². The average molecular weight is 354 g/mol. The van der Waals surface area contributed by atoms with Crippen LogP contribution in [0, 0.1) is 26.7 Å². The molecule has 2 N–H and O–H groups in total. The van der Waals surface area contributed by atoms with Gasteiger partial charge < -0.3 is 15.5 Å².